The van der Waals surface area contributed by atoms with Gasteiger partial charge < -0.3 is 4.90 Å². The first-order valence-electron chi connectivity index (χ1n) is 10.0. The third-order valence-electron chi connectivity index (χ3n) is 5.83. The Morgan fingerprint density at radius 1 is 1.14 bits per heavy atom. The van der Waals surface area contributed by atoms with E-state index < -0.39 is 0 Å². The second-order valence-corrected chi connectivity index (χ2v) is 8.60. The minimum atomic E-state index is 0.151. The van der Waals surface area contributed by atoms with Gasteiger partial charge in [-0.1, -0.05) is 30.3 Å². The maximum absolute atomic E-state index is 13.1. The van der Waals surface area contributed by atoms with Crippen molar-refractivity contribution in [2.45, 2.75) is 33.1 Å². The van der Waals surface area contributed by atoms with Crippen LogP contribution in [-0.4, -0.2) is 21.8 Å². The maximum Gasteiger partial charge on any atom is 0.232 e. The molecule has 1 aliphatic heterocycles. The van der Waals surface area contributed by atoms with Gasteiger partial charge in [-0.05, 0) is 55.5 Å². The number of amides is 1. The molecule has 0 unspecified atom stereocenters. The lowest BCUT2D eigenvalue weighted by atomic mass is 10.0. The molecule has 0 saturated heterocycles. The van der Waals surface area contributed by atoms with E-state index in [1.165, 1.54) is 16.7 Å². The number of anilines is 1. The van der Waals surface area contributed by atoms with E-state index in [9.17, 15) is 4.79 Å². The summed E-state index contributed by atoms with van der Waals surface area (Å²) in [6, 6.07) is 14.7. The Labute approximate surface area is 174 Å². The van der Waals surface area contributed by atoms with Gasteiger partial charge in [-0.2, -0.15) is 0 Å². The summed E-state index contributed by atoms with van der Waals surface area (Å²) in [5.41, 5.74) is 7.95. The van der Waals surface area contributed by atoms with Crippen LogP contribution in [0.1, 0.15) is 28.8 Å². The van der Waals surface area contributed by atoms with Crippen molar-refractivity contribution in [3.8, 4) is 11.3 Å². The van der Waals surface area contributed by atoms with Crippen molar-refractivity contribution in [1.29, 1.82) is 0 Å². The molecule has 1 amide bonds. The smallest absolute Gasteiger partial charge is 0.232 e. The lowest BCUT2D eigenvalue weighted by molar-refractivity contribution is -0.118. The summed E-state index contributed by atoms with van der Waals surface area (Å²) in [4.78, 5) is 20.8. The first kappa shape index (κ1) is 18.1. The van der Waals surface area contributed by atoms with Gasteiger partial charge in [0.15, 0.2) is 4.96 Å². The first-order chi connectivity index (χ1) is 14.1. The van der Waals surface area contributed by atoms with Crippen molar-refractivity contribution in [3.63, 3.8) is 0 Å². The molecule has 2 aromatic carbocycles. The molecule has 1 aliphatic rings. The molecule has 0 bridgehead atoms. The van der Waals surface area contributed by atoms with Crippen LogP contribution in [0.2, 0.25) is 0 Å². The van der Waals surface area contributed by atoms with E-state index >= 15 is 0 Å². The number of imidazole rings is 1. The number of fused-ring (bicyclic) bond motifs is 2. The second kappa shape index (κ2) is 7.16. The van der Waals surface area contributed by atoms with Gasteiger partial charge in [0, 0.05) is 35.1 Å². The van der Waals surface area contributed by atoms with Gasteiger partial charge in [-0.25, -0.2) is 4.98 Å². The number of rotatable bonds is 3. The molecule has 0 N–H and O–H groups in total. The molecule has 0 spiro atoms. The molecule has 0 radical (unpaired) electrons. The number of carbonyl (C=O) groups excluding carboxylic acids is 1. The summed E-state index contributed by atoms with van der Waals surface area (Å²) < 4.78 is 2.07. The van der Waals surface area contributed by atoms with Crippen LogP contribution in [0.4, 0.5) is 5.69 Å². The SMILES string of the molecule is Cc1ccc(-c2cn3c(CC(=O)N4CCCc5ccccc54)csc3n2)cc1C. The van der Waals surface area contributed by atoms with Gasteiger partial charge >= 0.3 is 0 Å². The van der Waals surface area contributed by atoms with Crippen LogP contribution in [-0.2, 0) is 17.6 Å². The van der Waals surface area contributed by atoms with Gasteiger partial charge in [0.25, 0.3) is 0 Å². The quantitative estimate of drug-likeness (QED) is 0.473. The number of nitrogens with zero attached hydrogens (tertiary/aromatic N) is 3. The second-order valence-electron chi connectivity index (χ2n) is 7.76. The van der Waals surface area contributed by atoms with Gasteiger partial charge in [0.05, 0.1) is 12.1 Å². The number of para-hydroxylation sites is 1. The number of hydrogen-bond donors (Lipinski definition) is 0. The van der Waals surface area contributed by atoms with Crippen LogP contribution >= 0.6 is 11.3 Å². The zero-order valence-electron chi connectivity index (χ0n) is 16.7. The minimum Gasteiger partial charge on any atom is -0.312 e. The van der Waals surface area contributed by atoms with E-state index in [4.69, 9.17) is 4.98 Å². The number of thiazole rings is 1. The van der Waals surface area contributed by atoms with Crippen molar-refractivity contribution in [1.82, 2.24) is 9.38 Å². The van der Waals surface area contributed by atoms with Crippen LogP contribution in [0.15, 0.2) is 54.0 Å². The molecule has 3 heterocycles. The summed E-state index contributed by atoms with van der Waals surface area (Å²) in [5, 5.41) is 2.06. The van der Waals surface area contributed by atoms with E-state index in [0.29, 0.717) is 6.42 Å². The molecule has 5 rings (SSSR count). The van der Waals surface area contributed by atoms with Crippen LogP contribution < -0.4 is 4.90 Å². The fourth-order valence-electron chi connectivity index (χ4n) is 4.04. The molecule has 2 aromatic heterocycles. The topological polar surface area (TPSA) is 37.6 Å². The average Bonchev–Trinajstić information content (AvgIpc) is 3.31. The van der Waals surface area contributed by atoms with E-state index in [1.54, 1.807) is 11.3 Å². The molecule has 0 aliphatic carbocycles. The zero-order chi connectivity index (χ0) is 20.0. The molecule has 29 heavy (non-hydrogen) atoms. The number of aromatic nitrogens is 2. The van der Waals surface area contributed by atoms with Gasteiger partial charge in [-0.3, -0.25) is 9.20 Å². The minimum absolute atomic E-state index is 0.151. The Hall–Kier alpha value is -2.92. The fourth-order valence-corrected chi connectivity index (χ4v) is 4.91. The van der Waals surface area contributed by atoms with Crippen molar-refractivity contribution in [3.05, 3.63) is 76.4 Å². The third kappa shape index (κ3) is 3.25. The average molecular weight is 402 g/mol. The molecule has 0 fully saturated rings. The Kier molecular flexibility index (Phi) is 4.47. The third-order valence-corrected chi connectivity index (χ3v) is 6.72. The van der Waals surface area contributed by atoms with Crippen molar-refractivity contribution >= 4 is 27.9 Å². The van der Waals surface area contributed by atoms with Crippen LogP contribution in [0.3, 0.4) is 0 Å². The molecule has 4 aromatic rings. The van der Waals surface area contributed by atoms with Gasteiger partial charge in [-0.15, -0.1) is 11.3 Å². The highest BCUT2D eigenvalue weighted by Crippen LogP contribution is 2.29. The van der Waals surface area contributed by atoms with Gasteiger partial charge in [0.2, 0.25) is 5.91 Å². The summed E-state index contributed by atoms with van der Waals surface area (Å²) in [5.74, 6) is 0.151. The monoisotopic (exact) mass is 401 g/mol. The van der Waals surface area contributed by atoms with Crippen molar-refractivity contribution in [2.75, 3.05) is 11.4 Å². The largest absolute Gasteiger partial charge is 0.312 e. The maximum atomic E-state index is 13.1. The highest BCUT2D eigenvalue weighted by molar-refractivity contribution is 7.15. The molecule has 0 atom stereocenters. The summed E-state index contributed by atoms with van der Waals surface area (Å²) >= 11 is 1.59. The number of carbonyl (C=O) groups is 1. The molecule has 0 saturated carbocycles. The van der Waals surface area contributed by atoms with E-state index in [1.807, 2.05) is 11.0 Å². The van der Waals surface area contributed by atoms with E-state index in [-0.39, 0.29) is 5.91 Å². The highest BCUT2D eigenvalue weighted by atomic mass is 32.1. The predicted octanol–water partition coefficient (Wildman–Crippen LogP) is 5.20. The van der Waals surface area contributed by atoms with Crippen molar-refractivity contribution < 1.29 is 4.79 Å². The summed E-state index contributed by atoms with van der Waals surface area (Å²) in [6.45, 7) is 5.03. The summed E-state index contributed by atoms with van der Waals surface area (Å²) in [6.07, 6.45) is 4.51. The normalized spacial score (nSPS) is 13.7. The Balaban J connectivity index is 1.43. The fraction of sp³-hybridized carbons (Fsp3) is 0.250. The van der Waals surface area contributed by atoms with Crippen LogP contribution in [0.25, 0.3) is 16.2 Å². The number of hydrogen-bond acceptors (Lipinski definition) is 3. The molecule has 5 heteroatoms. The van der Waals surface area contributed by atoms with Crippen molar-refractivity contribution in [2.24, 2.45) is 0 Å². The van der Waals surface area contributed by atoms with E-state index in [0.717, 1.165) is 47.0 Å². The van der Waals surface area contributed by atoms with Crippen LogP contribution in [0, 0.1) is 13.8 Å². The Morgan fingerprint density at radius 3 is 2.86 bits per heavy atom. The number of aryl methyl sites for hydroxylation is 3. The lowest BCUT2D eigenvalue weighted by Gasteiger charge is -2.29. The zero-order valence-corrected chi connectivity index (χ0v) is 17.5. The molecular formula is C24H23N3OS. The Morgan fingerprint density at radius 2 is 2.00 bits per heavy atom. The van der Waals surface area contributed by atoms with E-state index in [2.05, 4.69) is 66.2 Å². The summed E-state index contributed by atoms with van der Waals surface area (Å²) in [7, 11) is 0. The molecular weight excluding hydrogens is 378 g/mol. The van der Waals surface area contributed by atoms with Crippen LogP contribution in [0.5, 0.6) is 0 Å². The first-order valence-corrected chi connectivity index (χ1v) is 10.9. The lowest BCUT2D eigenvalue weighted by Crippen LogP contribution is -2.36. The predicted molar refractivity (Wildman–Crippen MR) is 119 cm³/mol. The number of benzene rings is 2. The molecule has 146 valence electrons. The van der Waals surface area contributed by atoms with Gasteiger partial charge in [0.1, 0.15) is 0 Å². The Bertz CT molecular complexity index is 1220. The standard InChI is InChI=1S/C24H23N3OS/c1-16-9-10-19(12-17(16)2)21-14-27-20(15-29-24(27)25-21)13-23(28)26-11-5-7-18-6-3-4-8-22(18)26/h3-4,6,8-10,12,14-15H,5,7,11,13H2,1-2H3. The highest BCUT2D eigenvalue weighted by Gasteiger charge is 2.23. The molecule has 4 nitrogen and oxygen atoms in total.